The minimum Gasteiger partial charge on any atom is -0.355 e. The van der Waals surface area contributed by atoms with Crippen molar-refractivity contribution >= 4 is 28.5 Å². The van der Waals surface area contributed by atoms with Crippen molar-refractivity contribution in [2.75, 3.05) is 12.4 Å². The number of benzene rings is 1. The molecule has 0 saturated carbocycles. The van der Waals surface area contributed by atoms with E-state index in [4.69, 9.17) is 11.6 Å². The number of para-hydroxylation sites is 2. The summed E-state index contributed by atoms with van der Waals surface area (Å²) in [6.07, 6.45) is 0.732. The molecule has 18 heavy (non-hydrogen) atoms. The van der Waals surface area contributed by atoms with E-state index in [1.807, 2.05) is 24.3 Å². The van der Waals surface area contributed by atoms with Crippen LogP contribution in [0.2, 0.25) is 0 Å². The minimum absolute atomic E-state index is 0.0154. The van der Waals surface area contributed by atoms with Gasteiger partial charge in [-0.1, -0.05) is 12.1 Å². The summed E-state index contributed by atoms with van der Waals surface area (Å²) in [6.45, 7) is 2.84. The fourth-order valence-electron chi connectivity index (χ4n) is 1.99. The van der Waals surface area contributed by atoms with Gasteiger partial charge >= 0.3 is 0 Å². The molecule has 0 atom stereocenters. The van der Waals surface area contributed by atoms with Crippen molar-refractivity contribution in [3.63, 3.8) is 0 Å². The number of fused-ring (bicyclic) bond motifs is 1. The SMILES string of the molecule is CC(=O)NCCn1c(CCCl)nc2ccccc21. The maximum absolute atomic E-state index is 10.9. The molecular formula is C13H16ClN3O. The lowest BCUT2D eigenvalue weighted by molar-refractivity contribution is -0.118. The van der Waals surface area contributed by atoms with E-state index < -0.39 is 0 Å². The molecule has 0 aliphatic carbocycles. The first-order valence-corrected chi connectivity index (χ1v) is 6.50. The van der Waals surface area contributed by atoms with Crippen LogP contribution in [0.4, 0.5) is 0 Å². The first kappa shape index (κ1) is 12.9. The molecule has 1 aromatic carbocycles. The van der Waals surface area contributed by atoms with Gasteiger partial charge < -0.3 is 9.88 Å². The highest BCUT2D eigenvalue weighted by molar-refractivity contribution is 6.17. The number of carbonyl (C=O) groups excluding carboxylic acids is 1. The molecule has 1 amide bonds. The van der Waals surface area contributed by atoms with Crippen LogP contribution in [-0.2, 0) is 17.8 Å². The molecule has 0 saturated heterocycles. The largest absolute Gasteiger partial charge is 0.355 e. The van der Waals surface area contributed by atoms with Crippen LogP contribution in [0.15, 0.2) is 24.3 Å². The second kappa shape index (κ2) is 5.87. The number of hydrogen-bond acceptors (Lipinski definition) is 2. The predicted molar refractivity (Wildman–Crippen MR) is 72.8 cm³/mol. The maximum atomic E-state index is 10.9. The Bertz CT molecular complexity index is 550. The normalized spacial score (nSPS) is 10.8. The highest BCUT2D eigenvalue weighted by Gasteiger charge is 2.09. The molecule has 0 aliphatic rings. The summed E-state index contributed by atoms with van der Waals surface area (Å²) in [5.41, 5.74) is 2.06. The van der Waals surface area contributed by atoms with Gasteiger partial charge in [-0.2, -0.15) is 0 Å². The fourth-order valence-corrected chi connectivity index (χ4v) is 2.16. The molecule has 0 fully saturated rings. The van der Waals surface area contributed by atoms with E-state index in [0.29, 0.717) is 19.0 Å². The number of carbonyl (C=O) groups is 1. The molecule has 2 aromatic rings. The van der Waals surface area contributed by atoms with Crippen molar-refractivity contribution in [3.05, 3.63) is 30.1 Å². The number of amides is 1. The Morgan fingerprint density at radius 3 is 2.94 bits per heavy atom. The zero-order valence-corrected chi connectivity index (χ0v) is 11.1. The minimum atomic E-state index is -0.0154. The van der Waals surface area contributed by atoms with E-state index in [1.165, 1.54) is 6.92 Å². The molecule has 0 aliphatic heterocycles. The summed E-state index contributed by atoms with van der Waals surface area (Å²) in [6, 6.07) is 7.98. The highest BCUT2D eigenvalue weighted by Crippen LogP contribution is 2.16. The Labute approximate surface area is 111 Å². The molecule has 4 nitrogen and oxygen atoms in total. The van der Waals surface area contributed by atoms with Crippen molar-refractivity contribution in [1.29, 1.82) is 0 Å². The quantitative estimate of drug-likeness (QED) is 0.840. The van der Waals surface area contributed by atoms with Gasteiger partial charge in [-0.3, -0.25) is 4.79 Å². The third-order valence-corrected chi connectivity index (χ3v) is 2.95. The first-order valence-electron chi connectivity index (χ1n) is 5.97. The number of aryl methyl sites for hydroxylation is 1. The third kappa shape index (κ3) is 2.82. The number of nitrogens with one attached hydrogen (secondary N) is 1. The van der Waals surface area contributed by atoms with Gasteiger partial charge in [0.1, 0.15) is 5.82 Å². The summed E-state index contributed by atoms with van der Waals surface area (Å²) >= 11 is 5.80. The van der Waals surface area contributed by atoms with Crippen molar-refractivity contribution in [1.82, 2.24) is 14.9 Å². The third-order valence-electron chi connectivity index (χ3n) is 2.76. The number of halogens is 1. The molecule has 0 spiro atoms. The maximum Gasteiger partial charge on any atom is 0.216 e. The molecule has 5 heteroatoms. The second-order valence-corrected chi connectivity index (χ2v) is 4.47. The summed E-state index contributed by atoms with van der Waals surface area (Å²) in [4.78, 5) is 15.5. The van der Waals surface area contributed by atoms with Crippen LogP contribution < -0.4 is 5.32 Å². The number of hydrogen-bond donors (Lipinski definition) is 1. The predicted octanol–water partition coefficient (Wildman–Crippen LogP) is 1.95. The highest BCUT2D eigenvalue weighted by atomic mass is 35.5. The average Bonchev–Trinajstić information content (AvgIpc) is 2.68. The first-order chi connectivity index (χ1) is 8.72. The topological polar surface area (TPSA) is 46.9 Å². The Morgan fingerprint density at radius 2 is 2.22 bits per heavy atom. The van der Waals surface area contributed by atoms with E-state index in [-0.39, 0.29) is 5.91 Å². The van der Waals surface area contributed by atoms with E-state index >= 15 is 0 Å². The second-order valence-electron chi connectivity index (χ2n) is 4.09. The number of alkyl halides is 1. The Hall–Kier alpha value is -1.55. The Kier molecular flexibility index (Phi) is 4.20. The molecule has 2 rings (SSSR count). The Morgan fingerprint density at radius 1 is 1.44 bits per heavy atom. The zero-order valence-electron chi connectivity index (χ0n) is 10.3. The number of nitrogens with zero attached hydrogens (tertiary/aromatic N) is 2. The summed E-state index contributed by atoms with van der Waals surface area (Å²) in [5.74, 6) is 1.50. The monoisotopic (exact) mass is 265 g/mol. The molecular weight excluding hydrogens is 250 g/mol. The van der Waals surface area contributed by atoms with Crippen LogP contribution >= 0.6 is 11.6 Å². The van der Waals surface area contributed by atoms with Gasteiger partial charge in [-0.05, 0) is 12.1 Å². The average molecular weight is 266 g/mol. The van der Waals surface area contributed by atoms with Crippen molar-refractivity contribution in [2.24, 2.45) is 0 Å². The summed E-state index contributed by atoms with van der Waals surface area (Å²) in [5, 5.41) is 2.80. The standard InChI is InChI=1S/C13H16ClN3O/c1-10(18)15-8-9-17-12-5-3-2-4-11(12)16-13(17)6-7-14/h2-5H,6-9H2,1H3,(H,15,18). The van der Waals surface area contributed by atoms with Gasteiger partial charge in [0.25, 0.3) is 0 Å². The molecule has 96 valence electrons. The zero-order chi connectivity index (χ0) is 13.0. The number of rotatable bonds is 5. The van der Waals surface area contributed by atoms with Crippen LogP contribution in [-0.4, -0.2) is 27.9 Å². The molecule has 1 aromatic heterocycles. The van der Waals surface area contributed by atoms with Crippen molar-refractivity contribution in [3.8, 4) is 0 Å². The smallest absolute Gasteiger partial charge is 0.216 e. The molecule has 1 N–H and O–H groups in total. The number of aromatic nitrogens is 2. The van der Waals surface area contributed by atoms with Gasteiger partial charge in [0, 0.05) is 32.3 Å². The Balaban J connectivity index is 2.26. The molecule has 1 heterocycles. The lowest BCUT2D eigenvalue weighted by Crippen LogP contribution is -2.25. The van der Waals surface area contributed by atoms with E-state index in [0.717, 1.165) is 23.3 Å². The van der Waals surface area contributed by atoms with E-state index in [1.54, 1.807) is 0 Å². The van der Waals surface area contributed by atoms with Gasteiger partial charge in [-0.15, -0.1) is 11.6 Å². The van der Waals surface area contributed by atoms with Gasteiger partial charge in [0.15, 0.2) is 0 Å². The number of imidazole rings is 1. The summed E-state index contributed by atoms with van der Waals surface area (Å²) in [7, 11) is 0. The molecule has 0 unspecified atom stereocenters. The van der Waals surface area contributed by atoms with E-state index in [2.05, 4.69) is 14.9 Å². The van der Waals surface area contributed by atoms with Crippen LogP contribution in [0.3, 0.4) is 0 Å². The van der Waals surface area contributed by atoms with Crippen molar-refractivity contribution in [2.45, 2.75) is 19.9 Å². The van der Waals surface area contributed by atoms with Crippen LogP contribution in [0.5, 0.6) is 0 Å². The van der Waals surface area contributed by atoms with Gasteiger partial charge in [0.2, 0.25) is 5.91 Å². The molecule has 0 radical (unpaired) electrons. The molecule has 0 bridgehead atoms. The van der Waals surface area contributed by atoms with Crippen LogP contribution in [0.25, 0.3) is 11.0 Å². The lowest BCUT2D eigenvalue weighted by atomic mass is 10.3. The lowest BCUT2D eigenvalue weighted by Gasteiger charge is -2.08. The van der Waals surface area contributed by atoms with Gasteiger partial charge in [0.05, 0.1) is 11.0 Å². The van der Waals surface area contributed by atoms with Gasteiger partial charge in [-0.25, -0.2) is 4.98 Å². The van der Waals surface area contributed by atoms with Crippen LogP contribution in [0, 0.1) is 0 Å². The summed E-state index contributed by atoms with van der Waals surface area (Å²) < 4.78 is 2.12. The van der Waals surface area contributed by atoms with Crippen LogP contribution in [0.1, 0.15) is 12.7 Å². The van der Waals surface area contributed by atoms with E-state index in [9.17, 15) is 4.79 Å². The fraction of sp³-hybridized carbons (Fsp3) is 0.385. The van der Waals surface area contributed by atoms with Crippen molar-refractivity contribution < 1.29 is 4.79 Å².